The standard InChI is InChI=1S/C8H15Cl2N2O3P/c9-2-4-12(5-3-10)16(14)11-7-8(15-16)1-6-13/h6,8H,1-5,7H2,(H,11,14). The number of carbonyl (C=O) groups is 1. The van der Waals surface area contributed by atoms with E-state index in [0.717, 1.165) is 6.29 Å². The molecule has 0 spiro atoms. The highest BCUT2D eigenvalue weighted by Gasteiger charge is 2.39. The SMILES string of the molecule is O=CCC1CNP(=O)(N(CCCl)CCCl)O1. The predicted molar refractivity (Wildman–Crippen MR) is 64.2 cm³/mol. The zero-order valence-corrected chi connectivity index (χ0v) is 11.2. The number of aldehydes is 1. The summed E-state index contributed by atoms with van der Waals surface area (Å²) in [5, 5.41) is 2.82. The van der Waals surface area contributed by atoms with Gasteiger partial charge >= 0.3 is 7.67 Å². The first-order valence-corrected chi connectivity index (χ1v) is 7.65. The van der Waals surface area contributed by atoms with E-state index in [0.29, 0.717) is 31.4 Å². The normalized spacial score (nSPS) is 29.8. The Hall–Kier alpha value is 0.360. The van der Waals surface area contributed by atoms with Gasteiger partial charge in [-0.05, 0) is 0 Å². The van der Waals surface area contributed by atoms with Gasteiger partial charge in [-0.15, -0.1) is 23.2 Å². The third-order valence-electron chi connectivity index (χ3n) is 2.23. The van der Waals surface area contributed by atoms with Crippen molar-refractivity contribution in [1.29, 1.82) is 0 Å². The van der Waals surface area contributed by atoms with Crippen LogP contribution in [0, 0.1) is 0 Å². The summed E-state index contributed by atoms with van der Waals surface area (Å²) in [6, 6.07) is 0. The van der Waals surface area contributed by atoms with Gasteiger partial charge in [-0.3, -0.25) is 4.57 Å². The molecular formula is C8H15Cl2N2O3P. The molecule has 0 amide bonds. The Kier molecular flexibility index (Phi) is 6.26. The minimum Gasteiger partial charge on any atom is -0.303 e. The van der Waals surface area contributed by atoms with Crippen LogP contribution in [-0.2, 0) is 13.9 Å². The number of hydrogen-bond donors (Lipinski definition) is 1. The quantitative estimate of drug-likeness (QED) is 0.437. The highest BCUT2D eigenvalue weighted by Crippen LogP contribution is 2.51. The molecule has 0 aliphatic carbocycles. The van der Waals surface area contributed by atoms with E-state index in [4.69, 9.17) is 27.7 Å². The van der Waals surface area contributed by atoms with Crippen LogP contribution in [0.5, 0.6) is 0 Å². The van der Waals surface area contributed by atoms with Gasteiger partial charge < -0.3 is 9.32 Å². The molecule has 1 aliphatic heterocycles. The second-order valence-electron chi connectivity index (χ2n) is 3.34. The molecule has 0 saturated carbocycles. The second kappa shape index (κ2) is 6.94. The second-order valence-corrected chi connectivity index (χ2v) is 6.23. The Morgan fingerprint density at radius 2 is 2.06 bits per heavy atom. The summed E-state index contributed by atoms with van der Waals surface area (Å²) in [7, 11) is -3.04. The minimum atomic E-state index is -3.04. The lowest BCUT2D eigenvalue weighted by molar-refractivity contribution is -0.109. The molecule has 2 atom stereocenters. The van der Waals surface area contributed by atoms with Crippen molar-refractivity contribution in [2.45, 2.75) is 12.5 Å². The highest BCUT2D eigenvalue weighted by molar-refractivity contribution is 7.54. The maximum atomic E-state index is 12.3. The van der Waals surface area contributed by atoms with Gasteiger partial charge in [0.2, 0.25) is 0 Å². The molecule has 1 fully saturated rings. The largest absolute Gasteiger partial charge is 0.343 e. The molecule has 1 aliphatic rings. The molecule has 8 heteroatoms. The van der Waals surface area contributed by atoms with Crippen molar-refractivity contribution in [3.05, 3.63) is 0 Å². The van der Waals surface area contributed by atoms with Gasteiger partial charge in [-0.25, -0.2) is 9.76 Å². The van der Waals surface area contributed by atoms with Crippen molar-refractivity contribution in [1.82, 2.24) is 9.76 Å². The van der Waals surface area contributed by atoms with E-state index in [9.17, 15) is 9.36 Å². The smallest absolute Gasteiger partial charge is 0.303 e. The van der Waals surface area contributed by atoms with Crippen LogP contribution in [0.25, 0.3) is 0 Å². The molecule has 0 aromatic carbocycles. The van der Waals surface area contributed by atoms with E-state index in [2.05, 4.69) is 5.09 Å². The van der Waals surface area contributed by atoms with Crippen molar-refractivity contribution >= 4 is 37.2 Å². The van der Waals surface area contributed by atoms with E-state index in [1.165, 1.54) is 0 Å². The first kappa shape index (κ1) is 14.4. The Morgan fingerprint density at radius 1 is 1.44 bits per heavy atom. The number of halogens is 2. The van der Waals surface area contributed by atoms with Crippen molar-refractivity contribution in [2.75, 3.05) is 31.4 Å². The van der Waals surface area contributed by atoms with Crippen molar-refractivity contribution in [2.24, 2.45) is 0 Å². The molecule has 0 bridgehead atoms. The molecule has 0 radical (unpaired) electrons. The van der Waals surface area contributed by atoms with Crippen LogP contribution >= 0.6 is 30.9 Å². The first-order chi connectivity index (χ1) is 7.66. The lowest BCUT2D eigenvalue weighted by atomic mass is 10.3. The topological polar surface area (TPSA) is 58.6 Å². The lowest BCUT2D eigenvalue weighted by Gasteiger charge is -2.26. The average Bonchev–Trinajstić information content (AvgIpc) is 2.62. The van der Waals surface area contributed by atoms with E-state index in [1.807, 2.05) is 0 Å². The summed E-state index contributed by atoms with van der Waals surface area (Å²) < 4.78 is 19.3. The summed E-state index contributed by atoms with van der Waals surface area (Å²) in [5.41, 5.74) is 0. The van der Waals surface area contributed by atoms with Gasteiger partial charge in [0.25, 0.3) is 0 Å². The Balaban J connectivity index is 2.61. The third-order valence-corrected chi connectivity index (χ3v) is 4.88. The van der Waals surface area contributed by atoms with Crippen molar-refractivity contribution in [3.63, 3.8) is 0 Å². The highest BCUT2D eigenvalue weighted by atomic mass is 35.5. The van der Waals surface area contributed by atoms with Gasteiger partial charge in [0, 0.05) is 37.8 Å². The van der Waals surface area contributed by atoms with Crippen LogP contribution in [0.3, 0.4) is 0 Å². The Labute approximate surface area is 105 Å². The summed E-state index contributed by atoms with van der Waals surface area (Å²) in [5.74, 6) is 0.703. The van der Waals surface area contributed by atoms with Crippen molar-refractivity contribution in [3.8, 4) is 0 Å². The summed E-state index contributed by atoms with van der Waals surface area (Å²) in [6.07, 6.45) is 0.679. The molecule has 2 unspecified atom stereocenters. The molecule has 16 heavy (non-hydrogen) atoms. The number of hydrogen-bond acceptors (Lipinski definition) is 3. The fourth-order valence-electron chi connectivity index (χ4n) is 1.46. The molecule has 1 rings (SSSR count). The number of alkyl halides is 2. The van der Waals surface area contributed by atoms with Crippen LogP contribution < -0.4 is 5.09 Å². The van der Waals surface area contributed by atoms with Crippen LogP contribution in [-0.4, -0.2) is 48.5 Å². The van der Waals surface area contributed by atoms with Gasteiger partial charge in [0.1, 0.15) is 6.29 Å². The zero-order valence-electron chi connectivity index (χ0n) is 8.77. The van der Waals surface area contributed by atoms with Crippen LogP contribution in [0.2, 0.25) is 0 Å². The maximum Gasteiger partial charge on any atom is 0.343 e. The summed E-state index contributed by atoms with van der Waals surface area (Å²) in [4.78, 5) is 10.3. The molecule has 1 N–H and O–H groups in total. The number of rotatable bonds is 7. The molecule has 5 nitrogen and oxygen atoms in total. The first-order valence-electron chi connectivity index (χ1n) is 5.01. The van der Waals surface area contributed by atoms with Crippen molar-refractivity contribution < 1.29 is 13.9 Å². The molecule has 0 aromatic rings. The maximum absolute atomic E-state index is 12.3. The number of nitrogens with one attached hydrogen (secondary N) is 1. The monoisotopic (exact) mass is 288 g/mol. The molecule has 94 valence electrons. The van der Waals surface area contributed by atoms with Crippen LogP contribution in [0.4, 0.5) is 0 Å². The molecule has 1 heterocycles. The number of carbonyl (C=O) groups excluding carboxylic acids is 1. The fourth-order valence-corrected chi connectivity index (χ4v) is 4.24. The summed E-state index contributed by atoms with van der Waals surface area (Å²) in [6.45, 7) is 1.29. The van der Waals surface area contributed by atoms with Gasteiger partial charge in [0.15, 0.2) is 0 Å². The van der Waals surface area contributed by atoms with Gasteiger partial charge in [-0.1, -0.05) is 0 Å². The Morgan fingerprint density at radius 3 is 2.56 bits per heavy atom. The lowest BCUT2D eigenvalue weighted by Crippen LogP contribution is -2.29. The number of nitrogens with zero attached hydrogens (tertiary/aromatic N) is 1. The van der Waals surface area contributed by atoms with Gasteiger partial charge in [0.05, 0.1) is 6.10 Å². The van der Waals surface area contributed by atoms with Gasteiger partial charge in [-0.2, -0.15) is 0 Å². The van der Waals surface area contributed by atoms with Crippen LogP contribution in [0.15, 0.2) is 0 Å². The van der Waals surface area contributed by atoms with E-state index in [-0.39, 0.29) is 12.5 Å². The molecule has 0 aromatic heterocycles. The van der Waals surface area contributed by atoms with E-state index >= 15 is 0 Å². The van der Waals surface area contributed by atoms with E-state index < -0.39 is 7.67 Å². The fraction of sp³-hybridized carbons (Fsp3) is 0.875. The predicted octanol–water partition coefficient (Wildman–Crippen LogP) is 1.45. The Bertz CT molecular complexity index is 274. The average molecular weight is 289 g/mol. The summed E-state index contributed by atoms with van der Waals surface area (Å²) >= 11 is 11.2. The van der Waals surface area contributed by atoms with E-state index in [1.54, 1.807) is 4.67 Å². The zero-order chi connectivity index (χ0) is 12.0. The molecular weight excluding hydrogens is 274 g/mol. The minimum absolute atomic E-state index is 0.243. The third kappa shape index (κ3) is 3.69. The molecule has 1 saturated heterocycles. The van der Waals surface area contributed by atoms with Crippen LogP contribution in [0.1, 0.15) is 6.42 Å².